The second kappa shape index (κ2) is 7.30. The maximum atomic E-state index is 5.16. The number of ether oxygens (including phenoxy) is 1. The normalized spacial score (nSPS) is 23.5. The highest BCUT2D eigenvalue weighted by Gasteiger charge is 2.38. The summed E-state index contributed by atoms with van der Waals surface area (Å²) in [6.45, 7) is 4.21. The zero-order chi connectivity index (χ0) is 17.2. The molecule has 2 unspecified atom stereocenters. The molecule has 6 heteroatoms. The number of hydrogen-bond donors (Lipinski definition) is 0. The molecule has 2 fully saturated rings. The molecule has 0 N–H and O–H groups in total. The molecule has 0 spiro atoms. The van der Waals surface area contributed by atoms with Crippen molar-refractivity contribution < 1.29 is 4.74 Å². The fourth-order valence-corrected chi connectivity index (χ4v) is 4.44. The van der Waals surface area contributed by atoms with Crippen molar-refractivity contribution in [2.45, 2.75) is 25.4 Å². The zero-order valence-electron chi connectivity index (χ0n) is 14.4. The Kier molecular flexibility index (Phi) is 4.90. The summed E-state index contributed by atoms with van der Waals surface area (Å²) in [7, 11) is 1.64. The summed E-state index contributed by atoms with van der Waals surface area (Å²) in [4.78, 5) is 13.9. The van der Waals surface area contributed by atoms with E-state index in [2.05, 4.69) is 60.0 Å². The molecule has 0 saturated carbocycles. The van der Waals surface area contributed by atoms with Gasteiger partial charge in [-0.15, -0.1) is 0 Å². The molecule has 3 heterocycles. The molecule has 2 atom stereocenters. The average Bonchev–Trinajstić information content (AvgIpc) is 3.06. The topological polar surface area (TPSA) is 41.5 Å². The summed E-state index contributed by atoms with van der Waals surface area (Å²) < 4.78 is 6.36. The number of halogens is 1. The van der Waals surface area contributed by atoms with Crippen molar-refractivity contribution in [1.29, 1.82) is 0 Å². The van der Waals surface area contributed by atoms with Crippen molar-refractivity contribution >= 4 is 21.9 Å². The number of rotatable bonds is 4. The van der Waals surface area contributed by atoms with E-state index in [-0.39, 0.29) is 0 Å². The largest absolute Gasteiger partial charge is 0.494 e. The molecule has 0 bridgehead atoms. The van der Waals surface area contributed by atoms with E-state index in [9.17, 15) is 0 Å². The summed E-state index contributed by atoms with van der Waals surface area (Å²) >= 11 is 3.68. The molecule has 2 saturated heterocycles. The first-order chi connectivity index (χ1) is 12.2. The number of anilines is 1. The quantitative estimate of drug-likeness (QED) is 0.783. The Hall–Kier alpha value is -1.66. The number of hydrogen-bond acceptors (Lipinski definition) is 5. The van der Waals surface area contributed by atoms with Crippen molar-refractivity contribution in [2.75, 3.05) is 31.6 Å². The molecule has 1 aromatic heterocycles. The van der Waals surface area contributed by atoms with Crippen LogP contribution in [-0.2, 0) is 6.54 Å². The average molecular weight is 403 g/mol. The van der Waals surface area contributed by atoms with Gasteiger partial charge in [-0.2, -0.15) is 0 Å². The van der Waals surface area contributed by atoms with E-state index in [1.807, 2.05) is 0 Å². The summed E-state index contributed by atoms with van der Waals surface area (Å²) in [6, 6.07) is 9.10. The Labute approximate surface area is 157 Å². The minimum atomic E-state index is 0.576. The number of benzene rings is 1. The molecule has 25 heavy (non-hydrogen) atoms. The monoisotopic (exact) mass is 402 g/mol. The lowest BCUT2D eigenvalue weighted by Crippen LogP contribution is -2.48. The highest BCUT2D eigenvalue weighted by molar-refractivity contribution is 9.10. The molecular weight excluding hydrogens is 380 g/mol. The lowest BCUT2D eigenvalue weighted by atomic mass is 9.92. The Morgan fingerprint density at radius 2 is 1.92 bits per heavy atom. The maximum absolute atomic E-state index is 5.16. The number of nitrogens with zero attached hydrogens (tertiary/aromatic N) is 4. The van der Waals surface area contributed by atoms with Crippen LogP contribution in [0.25, 0.3) is 0 Å². The number of fused-ring (bicyclic) bond motifs is 1. The third kappa shape index (κ3) is 3.51. The van der Waals surface area contributed by atoms with Crippen molar-refractivity contribution in [1.82, 2.24) is 14.9 Å². The third-order valence-corrected chi connectivity index (χ3v) is 6.22. The van der Waals surface area contributed by atoms with Crippen LogP contribution < -0.4 is 9.64 Å². The lowest BCUT2D eigenvalue weighted by molar-refractivity contribution is 0.199. The van der Waals surface area contributed by atoms with E-state index in [4.69, 9.17) is 4.74 Å². The first-order valence-electron chi connectivity index (χ1n) is 8.83. The highest BCUT2D eigenvalue weighted by Crippen LogP contribution is 2.34. The van der Waals surface area contributed by atoms with Crippen LogP contribution in [-0.4, -0.2) is 47.7 Å². The van der Waals surface area contributed by atoms with Crippen LogP contribution in [0.1, 0.15) is 18.4 Å². The second-order valence-corrected chi connectivity index (χ2v) is 7.69. The standard InChI is InChI=1S/C19H23BrN4O/c1-25-16-10-21-19(22-11-16)24-9-7-14-6-8-23(18(14)13-24)12-15-4-2-3-5-17(15)20/h2-5,10-11,14,18H,6-9,12-13H2,1H3. The highest BCUT2D eigenvalue weighted by atomic mass is 79.9. The Morgan fingerprint density at radius 3 is 2.68 bits per heavy atom. The molecule has 5 nitrogen and oxygen atoms in total. The Balaban J connectivity index is 1.47. The molecule has 4 rings (SSSR count). The minimum Gasteiger partial charge on any atom is -0.494 e. The molecule has 0 amide bonds. The van der Waals surface area contributed by atoms with Crippen molar-refractivity contribution in [3.8, 4) is 5.75 Å². The maximum Gasteiger partial charge on any atom is 0.225 e. The number of aromatic nitrogens is 2. The Morgan fingerprint density at radius 1 is 1.16 bits per heavy atom. The van der Waals surface area contributed by atoms with Gasteiger partial charge in [-0.25, -0.2) is 9.97 Å². The van der Waals surface area contributed by atoms with Gasteiger partial charge in [0.05, 0.1) is 19.5 Å². The molecule has 0 radical (unpaired) electrons. The number of methoxy groups -OCH3 is 1. The van der Waals surface area contributed by atoms with Gasteiger partial charge in [0.2, 0.25) is 5.95 Å². The van der Waals surface area contributed by atoms with Gasteiger partial charge in [-0.05, 0) is 36.9 Å². The fourth-order valence-electron chi connectivity index (χ4n) is 4.03. The number of likely N-dealkylation sites (tertiary alicyclic amines) is 1. The van der Waals surface area contributed by atoms with Crippen LogP contribution in [0.5, 0.6) is 5.75 Å². The van der Waals surface area contributed by atoms with Crippen LogP contribution in [0.4, 0.5) is 5.95 Å². The first kappa shape index (κ1) is 16.8. The minimum absolute atomic E-state index is 0.576. The fraction of sp³-hybridized carbons (Fsp3) is 0.474. The van der Waals surface area contributed by atoms with Gasteiger partial charge in [0.1, 0.15) is 0 Å². The van der Waals surface area contributed by atoms with Crippen LogP contribution in [0.3, 0.4) is 0 Å². The van der Waals surface area contributed by atoms with Gasteiger partial charge in [0.15, 0.2) is 5.75 Å². The second-order valence-electron chi connectivity index (χ2n) is 6.84. The van der Waals surface area contributed by atoms with Crippen molar-refractivity contribution in [3.05, 3.63) is 46.7 Å². The van der Waals surface area contributed by atoms with Gasteiger partial charge in [0.25, 0.3) is 0 Å². The molecule has 2 aromatic rings. The van der Waals surface area contributed by atoms with E-state index in [1.165, 1.54) is 29.4 Å². The first-order valence-corrected chi connectivity index (χ1v) is 9.62. The van der Waals surface area contributed by atoms with Gasteiger partial charge in [-0.1, -0.05) is 34.1 Å². The van der Waals surface area contributed by atoms with Gasteiger partial charge in [-0.3, -0.25) is 4.90 Å². The molecular formula is C19H23BrN4O. The number of piperidine rings is 1. The summed E-state index contributed by atoms with van der Waals surface area (Å²) in [6.07, 6.45) is 6.02. The van der Waals surface area contributed by atoms with Crippen molar-refractivity contribution in [2.24, 2.45) is 5.92 Å². The van der Waals surface area contributed by atoms with Crippen LogP contribution in [0, 0.1) is 5.92 Å². The molecule has 2 aliphatic heterocycles. The predicted octanol–water partition coefficient (Wildman–Crippen LogP) is 3.35. The molecule has 1 aromatic carbocycles. The van der Waals surface area contributed by atoms with Gasteiger partial charge < -0.3 is 9.64 Å². The SMILES string of the molecule is COc1cnc(N2CCC3CCN(Cc4ccccc4Br)C3C2)nc1. The predicted molar refractivity (Wildman–Crippen MR) is 102 cm³/mol. The van der Waals surface area contributed by atoms with Crippen LogP contribution >= 0.6 is 15.9 Å². The third-order valence-electron chi connectivity index (χ3n) is 5.44. The molecule has 0 aliphatic carbocycles. The zero-order valence-corrected chi connectivity index (χ0v) is 16.0. The lowest BCUT2D eigenvalue weighted by Gasteiger charge is -2.38. The van der Waals surface area contributed by atoms with E-state index in [1.54, 1.807) is 19.5 Å². The molecule has 132 valence electrons. The summed E-state index contributed by atoms with van der Waals surface area (Å²) in [5, 5.41) is 0. The Bertz CT molecular complexity index is 724. The van der Waals surface area contributed by atoms with Crippen LogP contribution in [0.2, 0.25) is 0 Å². The van der Waals surface area contributed by atoms with Gasteiger partial charge in [0, 0.05) is 30.1 Å². The molecule has 2 aliphatic rings. The van der Waals surface area contributed by atoms with E-state index in [0.29, 0.717) is 11.8 Å². The van der Waals surface area contributed by atoms with E-state index < -0.39 is 0 Å². The van der Waals surface area contributed by atoms with Crippen LogP contribution in [0.15, 0.2) is 41.1 Å². The van der Waals surface area contributed by atoms with E-state index in [0.717, 1.165) is 31.5 Å². The van der Waals surface area contributed by atoms with Gasteiger partial charge >= 0.3 is 0 Å². The smallest absolute Gasteiger partial charge is 0.225 e. The summed E-state index contributed by atoms with van der Waals surface area (Å²) in [5.74, 6) is 2.30. The van der Waals surface area contributed by atoms with E-state index >= 15 is 0 Å². The summed E-state index contributed by atoms with van der Waals surface area (Å²) in [5.41, 5.74) is 1.36. The van der Waals surface area contributed by atoms with Crippen molar-refractivity contribution in [3.63, 3.8) is 0 Å².